The number of ether oxygens (including phenoxy) is 1. The van der Waals surface area contributed by atoms with E-state index in [9.17, 15) is 13.4 Å². The van der Waals surface area contributed by atoms with E-state index < -0.39 is 10.8 Å². The standard InChI is InChI=1S/C20H22FNO3S/c1-26(24)18-7-5-15(6-8-18)19(23)22-14-20(9-11-25-12-10-20)16-3-2-4-17(21)13-16/h2-8,13H,9-12,14H2,1H3,(H,22,23). The SMILES string of the molecule is CS(=O)c1ccc(C(=O)NCC2(c3cccc(F)c3)CCOCC2)cc1. The van der Waals surface area contributed by atoms with Gasteiger partial charge in [-0.25, -0.2) is 4.39 Å². The lowest BCUT2D eigenvalue weighted by atomic mass is 9.74. The number of carbonyl (C=O) groups is 1. The summed E-state index contributed by atoms with van der Waals surface area (Å²) >= 11 is 0. The molecule has 1 N–H and O–H groups in total. The van der Waals surface area contributed by atoms with Crippen LogP contribution in [0.1, 0.15) is 28.8 Å². The Balaban J connectivity index is 1.75. The van der Waals surface area contributed by atoms with E-state index in [-0.39, 0.29) is 17.1 Å². The van der Waals surface area contributed by atoms with Gasteiger partial charge in [-0.1, -0.05) is 12.1 Å². The Morgan fingerprint density at radius 3 is 2.50 bits per heavy atom. The van der Waals surface area contributed by atoms with Crippen molar-refractivity contribution in [3.63, 3.8) is 0 Å². The highest BCUT2D eigenvalue weighted by molar-refractivity contribution is 7.84. The molecule has 1 amide bonds. The van der Waals surface area contributed by atoms with Crippen LogP contribution in [0.15, 0.2) is 53.4 Å². The Bertz CT molecular complexity index is 801. The average molecular weight is 375 g/mol. The number of halogens is 1. The summed E-state index contributed by atoms with van der Waals surface area (Å²) in [6.45, 7) is 1.59. The van der Waals surface area contributed by atoms with E-state index in [4.69, 9.17) is 4.74 Å². The molecule has 1 atom stereocenters. The predicted molar refractivity (Wildman–Crippen MR) is 99.2 cm³/mol. The van der Waals surface area contributed by atoms with Crippen LogP contribution in [0.4, 0.5) is 4.39 Å². The highest BCUT2D eigenvalue weighted by Gasteiger charge is 2.35. The Hall–Kier alpha value is -2.05. The highest BCUT2D eigenvalue weighted by atomic mass is 32.2. The maximum atomic E-state index is 13.7. The average Bonchev–Trinajstić information content (AvgIpc) is 2.67. The third kappa shape index (κ3) is 4.19. The van der Waals surface area contributed by atoms with Gasteiger partial charge in [0.25, 0.3) is 5.91 Å². The second-order valence-corrected chi connectivity index (χ2v) is 7.94. The molecule has 0 aliphatic carbocycles. The summed E-state index contributed by atoms with van der Waals surface area (Å²) in [6.07, 6.45) is 3.05. The van der Waals surface area contributed by atoms with Crippen LogP contribution in [-0.4, -0.2) is 36.1 Å². The third-order valence-corrected chi connectivity index (χ3v) is 5.86. The van der Waals surface area contributed by atoms with E-state index in [0.29, 0.717) is 30.2 Å². The lowest BCUT2D eigenvalue weighted by molar-refractivity contribution is 0.0486. The molecule has 3 rings (SSSR count). The molecular weight excluding hydrogens is 353 g/mol. The lowest BCUT2D eigenvalue weighted by Crippen LogP contribution is -2.44. The van der Waals surface area contributed by atoms with Gasteiger partial charge in [0.1, 0.15) is 5.82 Å². The molecule has 1 aliphatic heterocycles. The van der Waals surface area contributed by atoms with E-state index in [0.717, 1.165) is 18.4 Å². The van der Waals surface area contributed by atoms with Crippen molar-refractivity contribution in [1.82, 2.24) is 5.32 Å². The van der Waals surface area contributed by atoms with E-state index in [2.05, 4.69) is 5.32 Å². The molecular formula is C20H22FNO3S. The predicted octanol–water partition coefficient (Wildman–Crippen LogP) is 3.04. The molecule has 2 aromatic rings. The van der Waals surface area contributed by atoms with Gasteiger partial charge in [-0.3, -0.25) is 9.00 Å². The van der Waals surface area contributed by atoms with Crippen LogP contribution in [0.2, 0.25) is 0 Å². The summed E-state index contributed by atoms with van der Waals surface area (Å²) < 4.78 is 30.6. The van der Waals surface area contributed by atoms with Gasteiger partial charge in [-0.05, 0) is 54.8 Å². The molecule has 26 heavy (non-hydrogen) atoms. The van der Waals surface area contributed by atoms with Gasteiger partial charge in [-0.15, -0.1) is 0 Å². The lowest BCUT2D eigenvalue weighted by Gasteiger charge is -2.38. The van der Waals surface area contributed by atoms with Gasteiger partial charge < -0.3 is 10.1 Å². The van der Waals surface area contributed by atoms with Crippen molar-refractivity contribution < 1.29 is 18.1 Å². The molecule has 4 nitrogen and oxygen atoms in total. The number of amides is 1. The first-order valence-corrected chi connectivity index (χ1v) is 10.1. The smallest absolute Gasteiger partial charge is 0.251 e. The van der Waals surface area contributed by atoms with Crippen molar-refractivity contribution in [3.05, 3.63) is 65.5 Å². The van der Waals surface area contributed by atoms with Crippen molar-refractivity contribution in [2.45, 2.75) is 23.2 Å². The molecule has 2 aromatic carbocycles. The largest absolute Gasteiger partial charge is 0.381 e. The van der Waals surface area contributed by atoms with E-state index in [1.807, 2.05) is 6.07 Å². The van der Waals surface area contributed by atoms with Gasteiger partial charge in [0.2, 0.25) is 0 Å². The van der Waals surface area contributed by atoms with Crippen LogP contribution in [0.25, 0.3) is 0 Å². The second kappa shape index (κ2) is 8.10. The number of carbonyl (C=O) groups excluding carboxylic acids is 1. The van der Waals surface area contributed by atoms with E-state index in [1.165, 1.54) is 6.07 Å². The van der Waals surface area contributed by atoms with Gasteiger partial charge in [0.05, 0.1) is 0 Å². The molecule has 0 radical (unpaired) electrons. The summed E-state index contributed by atoms with van der Waals surface area (Å²) in [5, 5.41) is 2.98. The number of rotatable bonds is 5. The van der Waals surface area contributed by atoms with Gasteiger partial charge in [-0.2, -0.15) is 0 Å². The summed E-state index contributed by atoms with van der Waals surface area (Å²) in [5.41, 5.74) is 1.07. The molecule has 1 unspecified atom stereocenters. The minimum absolute atomic E-state index is 0.194. The molecule has 0 spiro atoms. The molecule has 1 saturated heterocycles. The maximum Gasteiger partial charge on any atom is 0.251 e. The van der Waals surface area contributed by atoms with Crippen LogP contribution in [0, 0.1) is 5.82 Å². The number of benzene rings is 2. The molecule has 0 aromatic heterocycles. The number of nitrogens with one attached hydrogen (secondary N) is 1. The Morgan fingerprint density at radius 1 is 1.19 bits per heavy atom. The summed E-state index contributed by atoms with van der Waals surface area (Å²) in [4.78, 5) is 13.2. The quantitative estimate of drug-likeness (QED) is 0.874. The number of hydrogen-bond acceptors (Lipinski definition) is 3. The van der Waals surface area contributed by atoms with Crippen molar-refractivity contribution >= 4 is 16.7 Å². The van der Waals surface area contributed by atoms with E-state index >= 15 is 0 Å². The fourth-order valence-corrected chi connectivity index (χ4v) is 3.82. The van der Waals surface area contributed by atoms with Crippen LogP contribution in [-0.2, 0) is 21.0 Å². The molecule has 1 heterocycles. The topological polar surface area (TPSA) is 55.4 Å². The van der Waals surface area contributed by atoms with E-state index in [1.54, 1.807) is 42.7 Å². The summed E-state index contributed by atoms with van der Waals surface area (Å²) in [5.74, 6) is -0.469. The van der Waals surface area contributed by atoms with Crippen LogP contribution in [0.3, 0.4) is 0 Å². The Kier molecular flexibility index (Phi) is 5.84. The van der Waals surface area contributed by atoms with Gasteiger partial charge in [0.15, 0.2) is 0 Å². The molecule has 0 saturated carbocycles. The molecule has 6 heteroatoms. The summed E-state index contributed by atoms with van der Waals surface area (Å²) in [6, 6.07) is 13.3. The van der Waals surface area contributed by atoms with Crippen molar-refractivity contribution in [3.8, 4) is 0 Å². The normalized spacial score (nSPS) is 17.5. The molecule has 1 aliphatic rings. The Morgan fingerprint density at radius 2 is 1.88 bits per heavy atom. The minimum Gasteiger partial charge on any atom is -0.381 e. The first kappa shape index (κ1) is 18.7. The second-order valence-electron chi connectivity index (χ2n) is 6.56. The van der Waals surface area contributed by atoms with Gasteiger partial charge >= 0.3 is 0 Å². The van der Waals surface area contributed by atoms with Crippen LogP contribution >= 0.6 is 0 Å². The monoisotopic (exact) mass is 375 g/mol. The summed E-state index contributed by atoms with van der Waals surface area (Å²) in [7, 11) is -1.07. The minimum atomic E-state index is -1.07. The zero-order chi connectivity index (χ0) is 18.6. The first-order chi connectivity index (χ1) is 12.5. The molecule has 1 fully saturated rings. The van der Waals surface area contributed by atoms with Crippen molar-refractivity contribution in [2.75, 3.05) is 26.0 Å². The van der Waals surface area contributed by atoms with Crippen molar-refractivity contribution in [2.24, 2.45) is 0 Å². The zero-order valence-electron chi connectivity index (χ0n) is 14.7. The highest BCUT2D eigenvalue weighted by Crippen LogP contribution is 2.34. The molecule has 138 valence electrons. The van der Waals surface area contributed by atoms with Crippen LogP contribution < -0.4 is 5.32 Å². The fourth-order valence-electron chi connectivity index (χ4n) is 3.30. The fraction of sp³-hybridized carbons (Fsp3) is 0.350. The van der Waals surface area contributed by atoms with Crippen LogP contribution in [0.5, 0.6) is 0 Å². The zero-order valence-corrected chi connectivity index (χ0v) is 15.5. The third-order valence-electron chi connectivity index (χ3n) is 4.92. The Labute approximate surface area is 155 Å². The van der Waals surface area contributed by atoms with Crippen molar-refractivity contribution in [1.29, 1.82) is 0 Å². The number of hydrogen-bond donors (Lipinski definition) is 1. The first-order valence-electron chi connectivity index (χ1n) is 8.56. The molecule has 0 bridgehead atoms. The van der Waals surface area contributed by atoms with Gasteiger partial charge in [0, 0.05) is 52.7 Å². The maximum absolute atomic E-state index is 13.7.